The molecule has 0 saturated carbocycles. The third-order valence-corrected chi connectivity index (χ3v) is 6.78. The van der Waals surface area contributed by atoms with Crippen molar-refractivity contribution in [2.45, 2.75) is 37.7 Å². The van der Waals surface area contributed by atoms with E-state index in [1.165, 1.54) is 4.31 Å². The molecule has 1 atom stereocenters. The second-order valence-corrected chi connectivity index (χ2v) is 8.62. The molecule has 1 fully saturated rings. The Kier molecular flexibility index (Phi) is 5.61. The van der Waals surface area contributed by atoms with E-state index < -0.39 is 16.1 Å². The molecule has 0 radical (unpaired) electrons. The summed E-state index contributed by atoms with van der Waals surface area (Å²) in [6.07, 6.45) is 0.556. The summed E-state index contributed by atoms with van der Waals surface area (Å²) in [6, 6.07) is 16.8. The Morgan fingerprint density at radius 1 is 1.12 bits per heavy atom. The number of piperidine rings is 1. The summed E-state index contributed by atoms with van der Waals surface area (Å²) in [7, 11) is -3.57. The third-order valence-electron chi connectivity index (χ3n) is 4.92. The van der Waals surface area contributed by atoms with Gasteiger partial charge in [0, 0.05) is 13.1 Å². The van der Waals surface area contributed by atoms with Gasteiger partial charge in [-0.25, -0.2) is 8.42 Å². The maximum atomic E-state index is 13.0. The van der Waals surface area contributed by atoms with Gasteiger partial charge in [-0.3, -0.25) is 0 Å². The van der Waals surface area contributed by atoms with E-state index >= 15 is 0 Å². The summed E-state index contributed by atoms with van der Waals surface area (Å²) in [5, 5.41) is 10.5. The van der Waals surface area contributed by atoms with Crippen LogP contribution < -0.4 is 0 Å². The first-order valence-electron chi connectivity index (χ1n) is 8.95. The van der Waals surface area contributed by atoms with Crippen LogP contribution in [0.1, 0.15) is 30.9 Å². The highest BCUT2D eigenvalue weighted by Crippen LogP contribution is 2.31. The van der Waals surface area contributed by atoms with Crippen molar-refractivity contribution in [1.82, 2.24) is 4.31 Å². The van der Waals surface area contributed by atoms with E-state index in [1.807, 2.05) is 56.3 Å². The van der Waals surface area contributed by atoms with Gasteiger partial charge in [-0.05, 0) is 48.6 Å². The lowest BCUT2D eigenvalue weighted by Crippen LogP contribution is -2.42. The summed E-state index contributed by atoms with van der Waals surface area (Å²) in [5.74, 6) is 0. The lowest BCUT2D eigenvalue weighted by Gasteiger charge is -2.33. The predicted molar refractivity (Wildman–Crippen MR) is 104 cm³/mol. The van der Waals surface area contributed by atoms with E-state index in [1.54, 1.807) is 12.1 Å². The minimum Gasteiger partial charge on any atom is -0.389 e. The van der Waals surface area contributed by atoms with E-state index in [9.17, 15) is 13.5 Å². The normalized spacial score (nSPS) is 20.8. The van der Waals surface area contributed by atoms with Crippen LogP contribution >= 0.6 is 0 Å². The van der Waals surface area contributed by atoms with Gasteiger partial charge in [0.1, 0.15) is 0 Å². The summed E-state index contributed by atoms with van der Waals surface area (Å²) in [5.41, 5.74) is 3.90. The number of hydrogen-bond donors (Lipinski definition) is 1. The summed E-state index contributed by atoms with van der Waals surface area (Å²) in [4.78, 5) is 0.302. The fourth-order valence-corrected chi connectivity index (χ4v) is 4.86. The van der Waals surface area contributed by atoms with Gasteiger partial charge < -0.3 is 5.11 Å². The molecule has 2 aromatic rings. The van der Waals surface area contributed by atoms with Gasteiger partial charge in [-0.1, -0.05) is 55.0 Å². The summed E-state index contributed by atoms with van der Waals surface area (Å²) in [6.45, 7) is 4.53. The Hall–Kier alpha value is -1.95. The van der Waals surface area contributed by atoms with Crippen molar-refractivity contribution >= 4 is 15.6 Å². The van der Waals surface area contributed by atoms with Crippen molar-refractivity contribution in [1.29, 1.82) is 0 Å². The average molecular weight is 372 g/mol. The van der Waals surface area contributed by atoms with Crippen LogP contribution in [-0.4, -0.2) is 37.0 Å². The quantitative estimate of drug-likeness (QED) is 0.893. The van der Waals surface area contributed by atoms with Gasteiger partial charge >= 0.3 is 0 Å². The number of benzene rings is 2. The summed E-state index contributed by atoms with van der Waals surface area (Å²) >= 11 is 0. The number of sulfonamides is 1. The van der Waals surface area contributed by atoms with Crippen LogP contribution in [0.3, 0.4) is 0 Å². The molecule has 0 bridgehead atoms. The monoisotopic (exact) mass is 371 g/mol. The van der Waals surface area contributed by atoms with Crippen LogP contribution in [0.5, 0.6) is 0 Å². The standard InChI is InChI=1S/C21H25NO3S/c1-3-19(17-7-5-4-6-8-17)20-15-22(14-13-21(20)23)26(24,25)18-11-9-16(2)10-12-18/h4-12,21,23H,3,13-15H2,1-2H3/b20-19-. The highest BCUT2D eigenvalue weighted by Gasteiger charge is 2.32. The molecule has 3 rings (SSSR count). The maximum Gasteiger partial charge on any atom is 0.243 e. The average Bonchev–Trinajstić information content (AvgIpc) is 2.65. The number of aliphatic hydroxyl groups excluding tert-OH is 1. The number of hydrogen-bond acceptors (Lipinski definition) is 3. The SMILES string of the molecule is CC/C(=C1\CN(S(=O)(=O)c2ccc(C)cc2)CCC1O)c1ccccc1. The van der Waals surface area contributed by atoms with Gasteiger partial charge in [0.2, 0.25) is 10.0 Å². The second kappa shape index (κ2) is 7.74. The van der Waals surface area contributed by atoms with Crippen LogP contribution in [-0.2, 0) is 10.0 Å². The Bertz CT molecular complexity index is 887. The van der Waals surface area contributed by atoms with Crippen molar-refractivity contribution in [3.8, 4) is 0 Å². The van der Waals surface area contributed by atoms with E-state index in [0.29, 0.717) is 17.9 Å². The molecule has 0 aliphatic carbocycles. The zero-order valence-electron chi connectivity index (χ0n) is 15.2. The van der Waals surface area contributed by atoms with E-state index in [2.05, 4.69) is 0 Å². The molecule has 4 nitrogen and oxygen atoms in total. The van der Waals surface area contributed by atoms with Crippen LogP contribution in [0.4, 0.5) is 0 Å². The molecule has 0 amide bonds. The zero-order valence-corrected chi connectivity index (χ0v) is 16.0. The number of rotatable bonds is 4. The molecule has 138 valence electrons. The van der Waals surface area contributed by atoms with Crippen LogP contribution in [0.2, 0.25) is 0 Å². The highest BCUT2D eigenvalue weighted by molar-refractivity contribution is 7.89. The first-order chi connectivity index (χ1) is 12.4. The Morgan fingerprint density at radius 2 is 1.77 bits per heavy atom. The van der Waals surface area contributed by atoms with Gasteiger partial charge in [0.15, 0.2) is 0 Å². The van der Waals surface area contributed by atoms with Crippen LogP contribution in [0.25, 0.3) is 5.57 Å². The molecular formula is C21H25NO3S. The maximum absolute atomic E-state index is 13.0. The second-order valence-electron chi connectivity index (χ2n) is 6.68. The molecular weight excluding hydrogens is 346 g/mol. The molecule has 1 N–H and O–H groups in total. The molecule has 5 heteroatoms. The van der Waals surface area contributed by atoms with Crippen LogP contribution in [0, 0.1) is 6.92 Å². The van der Waals surface area contributed by atoms with Gasteiger partial charge in [0.05, 0.1) is 11.0 Å². The van der Waals surface area contributed by atoms with Crippen molar-refractivity contribution in [2.75, 3.05) is 13.1 Å². The fourth-order valence-electron chi connectivity index (χ4n) is 3.43. The Morgan fingerprint density at radius 3 is 2.38 bits per heavy atom. The van der Waals surface area contributed by atoms with Crippen molar-refractivity contribution in [3.05, 3.63) is 71.3 Å². The van der Waals surface area contributed by atoms with Gasteiger partial charge in [-0.15, -0.1) is 0 Å². The van der Waals surface area contributed by atoms with Crippen LogP contribution in [0.15, 0.2) is 65.1 Å². The lowest BCUT2D eigenvalue weighted by atomic mass is 9.91. The van der Waals surface area contributed by atoms with Gasteiger partial charge in [0.25, 0.3) is 0 Å². The molecule has 1 aliphatic rings. The minimum atomic E-state index is -3.57. The van der Waals surface area contributed by atoms with E-state index in [0.717, 1.165) is 28.7 Å². The molecule has 26 heavy (non-hydrogen) atoms. The lowest BCUT2D eigenvalue weighted by molar-refractivity contribution is 0.163. The predicted octanol–water partition coefficient (Wildman–Crippen LogP) is 3.61. The minimum absolute atomic E-state index is 0.232. The first-order valence-corrected chi connectivity index (χ1v) is 10.4. The molecule has 0 spiro atoms. The summed E-state index contributed by atoms with van der Waals surface area (Å²) < 4.78 is 27.5. The number of aryl methyl sites for hydroxylation is 1. The largest absolute Gasteiger partial charge is 0.389 e. The third kappa shape index (κ3) is 3.75. The van der Waals surface area contributed by atoms with Gasteiger partial charge in [-0.2, -0.15) is 4.31 Å². The topological polar surface area (TPSA) is 57.6 Å². The van der Waals surface area contributed by atoms with E-state index in [4.69, 9.17) is 0 Å². The molecule has 1 unspecified atom stereocenters. The van der Waals surface area contributed by atoms with Crippen molar-refractivity contribution in [2.24, 2.45) is 0 Å². The Labute approximate surface area is 155 Å². The molecule has 1 saturated heterocycles. The van der Waals surface area contributed by atoms with Crippen molar-refractivity contribution < 1.29 is 13.5 Å². The highest BCUT2D eigenvalue weighted by atomic mass is 32.2. The molecule has 1 aliphatic heterocycles. The molecule has 1 heterocycles. The molecule has 0 aromatic heterocycles. The Balaban J connectivity index is 1.97. The number of allylic oxidation sites excluding steroid dienone is 1. The fraction of sp³-hybridized carbons (Fsp3) is 0.333. The number of nitrogens with zero attached hydrogens (tertiary/aromatic N) is 1. The zero-order chi connectivity index (χ0) is 18.7. The molecule has 2 aromatic carbocycles. The van der Waals surface area contributed by atoms with Crippen molar-refractivity contribution in [3.63, 3.8) is 0 Å². The first kappa shape index (κ1) is 18.8. The smallest absolute Gasteiger partial charge is 0.243 e. The number of aliphatic hydroxyl groups is 1. The van der Waals surface area contributed by atoms with E-state index in [-0.39, 0.29) is 6.54 Å².